The summed E-state index contributed by atoms with van der Waals surface area (Å²) in [5, 5.41) is 0. The highest BCUT2D eigenvalue weighted by Crippen LogP contribution is 2.24. The smallest absolute Gasteiger partial charge is 0.225 e. The second-order valence-corrected chi connectivity index (χ2v) is 9.42. The highest BCUT2D eigenvalue weighted by atomic mass is 32.2. The SMILES string of the molecule is CC1CN(C(=O)C2CCN(S(C)(=O)=O)CC2)CC(Cc2ccccc2)O1. The molecule has 2 saturated heterocycles. The number of carbonyl (C=O) groups excluding carboxylic acids is 1. The molecule has 0 saturated carbocycles. The minimum absolute atomic E-state index is 0.00112. The van der Waals surface area contributed by atoms with Crippen LogP contribution >= 0.6 is 0 Å². The fourth-order valence-electron chi connectivity index (χ4n) is 3.91. The minimum atomic E-state index is -3.16. The lowest BCUT2D eigenvalue weighted by Crippen LogP contribution is -2.52. The Morgan fingerprint density at radius 2 is 1.81 bits per heavy atom. The van der Waals surface area contributed by atoms with E-state index in [1.165, 1.54) is 16.1 Å². The third-order valence-electron chi connectivity index (χ3n) is 5.22. The third kappa shape index (κ3) is 4.84. The number of carbonyl (C=O) groups is 1. The maximum Gasteiger partial charge on any atom is 0.225 e. The molecule has 2 unspecified atom stereocenters. The summed E-state index contributed by atoms with van der Waals surface area (Å²) < 4.78 is 30.8. The van der Waals surface area contributed by atoms with Crippen molar-refractivity contribution in [3.05, 3.63) is 35.9 Å². The van der Waals surface area contributed by atoms with E-state index in [-0.39, 0.29) is 24.0 Å². The van der Waals surface area contributed by atoms with Gasteiger partial charge < -0.3 is 9.64 Å². The van der Waals surface area contributed by atoms with E-state index in [0.29, 0.717) is 39.0 Å². The van der Waals surface area contributed by atoms with Gasteiger partial charge in [0.05, 0.1) is 18.5 Å². The molecule has 2 atom stereocenters. The Kier molecular flexibility index (Phi) is 5.99. The Labute approximate surface area is 156 Å². The molecule has 2 aliphatic rings. The Balaban J connectivity index is 1.58. The second kappa shape index (κ2) is 8.06. The van der Waals surface area contributed by atoms with E-state index in [4.69, 9.17) is 4.74 Å². The van der Waals surface area contributed by atoms with Crippen LogP contribution in [0, 0.1) is 5.92 Å². The molecule has 2 heterocycles. The second-order valence-electron chi connectivity index (χ2n) is 7.44. The number of rotatable bonds is 4. The van der Waals surface area contributed by atoms with Crippen LogP contribution in [0.25, 0.3) is 0 Å². The van der Waals surface area contributed by atoms with Gasteiger partial charge in [-0.2, -0.15) is 0 Å². The normalized spacial score (nSPS) is 26.0. The van der Waals surface area contributed by atoms with Crippen LogP contribution < -0.4 is 0 Å². The van der Waals surface area contributed by atoms with E-state index in [1.54, 1.807) is 0 Å². The zero-order valence-corrected chi connectivity index (χ0v) is 16.3. The van der Waals surface area contributed by atoms with Crippen molar-refractivity contribution in [3.8, 4) is 0 Å². The monoisotopic (exact) mass is 380 g/mol. The summed E-state index contributed by atoms with van der Waals surface area (Å²) in [5.41, 5.74) is 1.21. The van der Waals surface area contributed by atoms with Gasteiger partial charge in [-0.1, -0.05) is 30.3 Å². The first-order chi connectivity index (χ1) is 12.3. The summed E-state index contributed by atoms with van der Waals surface area (Å²) in [6, 6.07) is 10.2. The van der Waals surface area contributed by atoms with Gasteiger partial charge in [-0.25, -0.2) is 12.7 Å². The summed E-state index contributed by atoms with van der Waals surface area (Å²) in [6.07, 6.45) is 3.23. The van der Waals surface area contributed by atoms with Crippen LogP contribution in [0.15, 0.2) is 30.3 Å². The van der Waals surface area contributed by atoms with Crippen molar-refractivity contribution in [3.63, 3.8) is 0 Å². The van der Waals surface area contributed by atoms with Gasteiger partial charge >= 0.3 is 0 Å². The Hall–Kier alpha value is -1.44. The molecule has 7 heteroatoms. The van der Waals surface area contributed by atoms with Crippen molar-refractivity contribution in [2.45, 2.75) is 38.4 Å². The Morgan fingerprint density at radius 3 is 2.42 bits per heavy atom. The molecule has 0 N–H and O–H groups in total. The van der Waals surface area contributed by atoms with Gasteiger partial charge in [0.25, 0.3) is 0 Å². The molecule has 0 bridgehead atoms. The summed E-state index contributed by atoms with van der Waals surface area (Å²) in [4.78, 5) is 14.9. The molecule has 1 aromatic carbocycles. The molecular weight excluding hydrogens is 352 g/mol. The van der Waals surface area contributed by atoms with Crippen LogP contribution in [0.5, 0.6) is 0 Å². The Bertz CT molecular complexity index is 714. The molecule has 0 radical (unpaired) electrons. The fourth-order valence-corrected chi connectivity index (χ4v) is 4.78. The zero-order chi connectivity index (χ0) is 18.7. The number of amides is 1. The molecule has 3 rings (SSSR count). The molecule has 0 aromatic heterocycles. The highest BCUT2D eigenvalue weighted by molar-refractivity contribution is 7.88. The van der Waals surface area contributed by atoms with Crippen LogP contribution in [0.4, 0.5) is 0 Å². The molecular formula is C19H28N2O4S. The maximum absolute atomic E-state index is 13.0. The predicted molar refractivity (Wildman–Crippen MR) is 100 cm³/mol. The third-order valence-corrected chi connectivity index (χ3v) is 6.52. The first-order valence-corrected chi connectivity index (χ1v) is 11.1. The molecule has 2 fully saturated rings. The largest absolute Gasteiger partial charge is 0.371 e. The first kappa shape index (κ1) is 19.3. The van der Waals surface area contributed by atoms with Crippen LogP contribution in [0.2, 0.25) is 0 Å². The average molecular weight is 381 g/mol. The van der Waals surface area contributed by atoms with Gasteiger partial charge in [0.15, 0.2) is 0 Å². The topological polar surface area (TPSA) is 66.9 Å². The number of sulfonamides is 1. The van der Waals surface area contributed by atoms with Gasteiger partial charge in [-0.3, -0.25) is 4.79 Å². The van der Waals surface area contributed by atoms with Crippen LogP contribution in [-0.4, -0.2) is 68.2 Å². The van der Waals surface area contributed by atoms with Crippen LogP contribution in [-0.2, 0) is 26.0 Å². The Morgan fingerprint density at radius 1 is 1.15 bits per heavy atom. The van der Waals surface area contributed by atoms with Crippen molar-refractivity contribution in [2.75, 3.05) is 32.4 Å². The lowest BCUT2D eigenvalue weighted by atomic mass is 9.95. The lowest BCUT2D eigenvalue weighted by molar-refractivity contribution is -0.149. The van der Waals surface area contributed by atoms with Gasteiger partial charge in [-0.05, 0) is 25.3 Å². The van der Waals surface area contributed by atoms with E-state index in [1.807, 2.05) is 30.0 Å². The summed E-state index contributed by atoms with van der Waals surface area (Å²) >= 11 is 0. The van der Waals surface area contributed by atoms with Gasteiger partial charge in [0, 0.05) is 38.5 Å². The highest BCUT2D eigenvalue weighted by Gasteiger charge is 2.35. The zero-order valence-electron chi connectivity index (χ0n) is 15.5. The number of hydrogen-bond donors (Lipinski definition) is 0. The number of morpholine rings is 1. The number of hydrogen-bond acceptors (Lipinski definition) is 4. The quantitative estimate of drug-likeness (QED) is 0.794. The number of nitrogens with zero attached hydrogens (tertiary/aromatic N) is 2. The van der Waals surface area contributed by atoms with Crippen molar-refractivity contribution < 1.29 is 17.9 Å². The summed E-state index contributed by atoms with van der Waals surface area (Å²) in [5.74, 6) is 0.0574. The molecule has 1 amide bonds. The molecule has 26 heavy (non-hydrogen) atoms. The molecule has 6 nitrogen and oxygen atoms in total. The lowest BCUT2D eigenvalue weighted by Gasteiger charge is -2.40. The van der Waals surface area contributed by atoms with E-state index < -0.39 is 10.0 Å². The van der Waals surface area contributed by atoms with Crippen molar-refractivity contribution >= 4 is 15.9 Å². The first-order valence-electron chi connectivity index (χ1n) is 9.26. The molecule has 0 aliphatic carbocycles. The van der Waals surface area contributed by atoms with E-state index in [9.17, 15) is 13.2 Å². The summed E-state index contributed by atoms with van der Waals surface area (Å²) in [6.45, 7) is 4.08. The van der Waals surface area contributed by atoms with Crippen molar-refractivity contribution in [1.29, 1.82) is 0 Å². The van der Waals surface area contributed by atoms with Crippen molar-refractivity contribution in [1.82, 2.24) is 9.21 Å². The van der Waals surface area contributed by atoms with Gasteiger partial charge in [-0.15, -0.1) is 0 Å². The standard InChI is InChI=1S/C19H28N2O4S/c1-15-13-20(14-18(25-15)12-16-6-4-3-5-7-16)19(22)17-8-10-21(11-9-17)26(2,23)24/h3-7,15,17-18H,8-14H2,1-2H3. The van der Waals surface area contributed by atoms with Gasteiger partial charge in [0.2, 0.25) is 15.9 Å². The molecule has 0 spiro atoms. The van der Waals surface area contributed by atoms with Gasteiger partial charge in [0.1, 0.15) is 0 Å². The van der Waals surface area contributed by atoms with Crippen molar-refractivity contribution in [2.24, 2.45) is 5.92 Å². The van der Waals surface area contributed by atoms with Crippen LogP contribution in [0.3, 0.4) is 0 Å². The minimum Gasteiger partial charge on any atom is -0.371 e. The number of ether oxygens (including phenoxy) is 1. The summed E-state index contributed by atoms with van der Waals surface area (Å²) in [7, 11) is -3.16. The van der Waals surface area contributed by atoms with Crippen LogP contribution in [0.1, 0.15) is 25.3 Å². The predicted octanol–water partition coefficient (Wildman–Crippen LogP) is 1.52. The van der Waals surface area contributed by atoms with E-state index >= 15 is 0 Å². The van der Waals surface area contributed by atoms with E-state index in [0.717, 1.165) is 6.42 Å². The molecule has 144 valence electrons. The molecule has 2 aliphatic heterocycles. The van der Waals surface area contributed by atoms with E-state index in [2.05, 4.69) is 12.1 Å². The maximum atomic E-state index is 13.0. The number of benzene rings is 1. The average Bonchev–Trinajstić information content (AvgIpc) is 2.61. The fraction of sp³-hybridized carbons (Fsp3) is 0.632. The number of piperidine rings is 1. The molecule has 1 aromatic rings.